The molecule has 0 saturated carbocycles. The molecule has 4 aliphatic rings. The topological polar surface area (TPSA) is 79.2 Å². The Kier molecular flexibility index (Phi) is 3.77. The van der Waals surface area contributed by atoms with Crippen LogP contribution in [0.3, 0.4) is 0 Å². The van der Waals surface area contributed by atoms with Crippen molar-refractivity contribution in [3.8, 4) is 5.75 Å². The zero-order chi connectivity index (χ0) is 19.8. The number of esters is 1. The van der Waals surface area contributed by atoms with Gasteiger partial charge in [-0.15, -0.1) is 0 Å². The molecule has 150 valence electrons. The lowest BCUT2D eigenvalue weighted by Crippen LogP contribution is -2.74. The average molecular weight is 385 g/mol. The summed E-state index contributed by atoms with van der Waals surface area (Å²) in [4.78, 5) is 14.6. The summed E-state index contributed by atoms with van der Waals surface area (Å²) in [5, 5.41) is 21.9. The maximum atomic E-state index is 12.3. The molecule has 1 fully saturated rings. The van der Waals surface area contributed by atoms with Crippen LogP contribution < -0.4 is 4.74 Å². The second kappa shape index (κ2) is 5.81. The highest BCUT2D eigenvalue weighted by atomic mass is 16.6. The summed E-state index contributed by atoms with van der Waals surface area (Å²) in [6, 6.07) is 3.94. The highest BCUT2D eigenvalue weighted by Crippen LogP contribution is 2.64. The van der Waals surface area contributed by atoms with Gasteiger partial charge >= 0.3 is 5.97 Å². The molecule has 6 nitrogen and oxygen atoms in total. The number of piperidine rings is 1. The summed E-state index contributed by atoms with van der Waals surface area (Å²) < 4.78 is 12.2. The first-order valence-electron chi connectivity index (χ1n) is 10.1. The van der Waals surface area contributed by atoms with Crippen molar-refractivity contribution in [3.63, 3.8) is 0 Å². The van der Waals surface area contributed by atoms with Crippen LogP contribution in [-0.4, -0.2) is 52.4 Å². The molecule has 0 radical (unpaired) electrons. The molecule has 2 unspecified atom stereocenters. The van der Waals surface area contributed by atoms with Crippen molar-refractivity contribution < 1.29 is 24.5 Å². The zero-order valence-corrected chi connectivity index (χ0v) is 16.6. The maximum absolute atomic E-state index is 12.3. The Balaban J connectivity index is 1.72. The number of rotatable bonds is 3. The van der Waals surface area contributed by atoms with Crippen LogP contribution in [0.1, 0.15) is 43.4 Å². The highest BCUT2D eigenvalue weighted by Gasteiger charge is 2.71. The number of aliphatic hydroxyl groups is 2. The van der Waals surface area contributed by atoms with E-state index in [0.717, 1.165) is 29.7 Å². The van der Waals surface area contributed by atoms with Gasteiger partial charge in [-0.3, -0.25) is 4.79 Å². The van der Waals surface area contributed by atoms with Crippen LogP contribution in [0.4, 0.5) is 0 Å². The lowest BCUT2D eigenvalue weighted by Gasteiger charge is -2.61. The smallest absolute Gasteiger partial charge is 0.313 e. The Morgan fingerprint density at radius 3 is 2.93 bits per heavy atom. The number of likely N-dealkylation sites (N-methyl/N-ethyl adjacent to an activating group) is 1. The molecule has 2 bridgehead atoms. The molecule has 2 N–H and O–H groups in total. The van der Waals surface area contributed by atoms with E-state index in [-0.39, 0.29) is 24.5 Å². The molecule has 0 aromatic heterocycles. The predicted octanol–water partition coefficient (Wildman–Crippen LogP) is 1.66. The number of aliphatic hydroxyl groups excluding tert-OH is 1. The summed E-state index contributed by atoms with van der Waals surface area (Å²) in [6.07, 6.45) is 3.17. The number of hydrogen-bond donors (Lipinski definition) is 2. The minimum atomic E-state index is -0.995. The third kappa shape index (κ3) is 2.01. The SMILES string of the molecule is CC(C)C(=O)OC1=CC[C@@]2(O)[C@H]3Cc4ccc(CO)c5c4C2(CCN3C)C1O5. The number of carbonyl (C=O) groups is 1. The monoisotopic (exact) mass is 385 g/mol. The van der Waals surface area contributed by atoms with Crippen LogP contribution in [0.2, 0.25) is 0 Å². The van der Waals surface area contributed by atoms with Gasteiger partial charge in [0.1, 0.15) is 11.5 Å². The first kappa shape index (κ1) is 18.2. The number of likely N-dealkylation sites (tertiary alicyclic amines) is 1. The molecule has 1 spiro atoms. The molecule has 5 rings (SSSR count). The number of ether oxygens (including phenoxy) is 2. The van der Waals surface area contributed by atoms with Gasteiger partial charge in [0.05, 0.1) is 23.5 Å². The van der Waals surface area contributed by atoms with Crippen molar-refractivity contribution in [2.45, 2.75) is 62.9 Å². The second-order valence-electron chi connectivity index (χ2n) is 8.98. The maximum Gasteiger partial charge on any atom is 0.313 e. The van der Waals surface area contributed by atoms with Crippen LogP contribution in [0, 0.1) is 5.92 Å². The third-order valence-electron chi connectivity index (χ3n) is 7.32. The van der Waals surface area contributed by atoms with Crippen LogP contribution >= 0.6 is 0 Å². The molecule has 1 aromatic rings. The van der Waals surface area contributed by atoms with E-state index in [4.69, 9.17) is 9.47 Å². The first-order chi connectivity index (χ1) is 13.3. The molecular weight excluding hydrogens is 358 g/mol. The van der Waals surface area contributed by atoms with E-state index < -0.39 is 17.1 Å². The fourth-order valence-corrected chi connectivity index (χ4v) is 5.87. The lowest BCUT2D eigenvalue weighted by molar-refractivity contribution is -0.170. The molecule has 2 heterocycles. The molecule has 2 aliphatic heterocycles. The van der Waals surface area contributed by atoms with E-state index >= 15 is 0 Å². The van der Waals surface area contributed by atoms with Gasteiger partial charge in [0.2, 0.25) is 0 Å². The molecule has 1 aromatic carbocycles. The molecule has 0 amide bonds. The summed E-state index contributed by atoms with van der Waals surface area (Å²) in [7, 11) is 2.06. The molecular formula is C22H27NO5. The lowest BCUT2D eigenvalue weighted by atomic mass is 9.50. The Morgan fingerprint density at radius 2 is 2.21 bits per heavy atom. The zero-order valence-electron chi connectivity index (χ0n) is 16.6. The predicted molar refractivity (Wildman–Crippen MR) is 102 cm³/mol. The largest absolute Gasteiger partial charge is 0.481 e. The van der Waals surface area contributed by atoms with Crippen LogP contribution in [0.25, 0.3) is 0 Å². The Hall–Kier alpha value is -1.89. The van der Waals surface area contributed by atoms with Gasteiger partial charge in [0.25, 0.3) is 0 Å². The van der Waals surface area contributed by atoms with Crippen molar-refractivity contribution in [2.75, 3.05) is 13.6 Å². The summed E-state index contributed by atoms with van der Waals surface area (Å²) in [5.74, 6) is 0.623. The molecule has 28 heavy (non-hydrogen) atoms. The molecule has 1 saturated heterocycles. The third-order valence-corrected chi connectivity index (χ3v) is 7.32. The van der Waals surface area contributed by atoms with Gasteiger partial charge in [0, 0.05) is 23.6 Å². The van der Waals surface area contributed by atoms with Crippen LogP contribution in [0.15, 0.2) is 24.0 Å². The average Bonchev–Trinajstić information content (AvgIpc) is 3.02. The Morgan fingerprint density at radius 1 is 1.43 bits per heavy atom. The Bertz CT molecular complexity index is 893. The molecule has 4 atom stereocenters. The quantitative estimate of drug-likeness (QED) is 0.771. The fourth-order valence-electron chi connectivity index (χ4n) is 5.87. The van der Waals surface area contributed by atoms with Gasteiger partial charge in [-0.2, -0.15) is 0 Å². The Labute approximate surface area is 164 Å². The summed E-state index contributed by atoms with van der Waals surface area (Å²) in [6.45, 7) is 4.32. The van der Waals surface area contributed by atoms with Crippen molar-refractivity contribution >= 4 is 5.97 Å². The van der Waals surface area contributed by atoms with Gasteiger partial charge in [0.15, 0.2) is 6.10 Å². The molecule has 2 aliphatic carbocycles. The highest BCUT2D eigenvalue weighted by molar-refractivity contribution is 5.73. The fraction of sp³-hybridized carbons (Fsp3) is 0.591. The van der Waals surface area contributed by atoms with Gasteiger partial charge in [-0.1, -0.05) is 26.0 Å². The minimum absolute atomic E-state index is 0.0237. The minimum Gasteiger partial charge on any atom is -0.481 e. The van der Waals surface area contributed by atoms with E-state index in [1.165, 1.54) is 0 Å². The van der Waals surface area contributed by atoms with E-state index in [2.05, 4.69) is 18.0 Å². The normalized spacial score (nSPS) is 35.3. The van der Waals surface area contributed by atoms with Gasteiger partial charge < -0.3 is 24.6 Å². The van der Waals surface area contributed by atoms with E-state index in [1.54, 1.807) is 13.8 Å². The number of carbonyl (C=O) groups excluding carboxylic acids is 1. The first-order valence-corrected chi connectivity index (χ1v) is 10.1. The van der Waals surface area contributed by atoms with Crippen LogP contribution in [-0.2, 0) is 28.0 Å². The van der Waals surface area contributed by atoms with E-state index in [0.29, 0.717) is 24.4 Å². The standard InChI is InChI=1S/C22H27NO5/c1-12(2)20(25)27-15-6-7-22(26)16-10-13-4-5-14(11-24)18-17(13)21(22,19(15)28-18)8-9-23(16)3/h4-6,12,16,19,24,26H,7-11H2,1-3H3/t16-,19?,21?,22-/m1/s1. The summed E-state index contributed by atoms with van der Waals surface area (Å²) >= 11 is 0. The number of benzene rings is 1. The second-order valence-corrected chi connectivity index (χ2v) is 8.98. The van der Waals surface area contributed by atoms with E-state index in [9.17, 15) is 15.0 Å². The number of nitrogens with zero attached hydrogens (tertiary/aromatic N) is 1. The van der Waals surface area contributed by atoms with Crippen LogP contribution in [0.5, 0.6) is 5.75 Å². The number of hydrogen-bond acceptors (Lipinski definition) is 6. The van der Waals surface area contributed by atoms with Crippen molar-refractivity contribution in [1.82, 2.24) is 4.90 Å². The molecule has 6 heteroatoms. The van der Waals surface area contributed by atoms with Gasteiger partial charge in [-0.05, 0) is 38.1 Å². The van der Waals surface area contributed by atoms with E-state index in [1.807, 2.05) is 12.1 Å². The van der Waals surface area contributed by atoms with Gasteiger partial charge in [-0.25, -0.2) is 0 Å². The van der Waals surface area contributed by atoms with Crippen molar-refractivity contribution in [1.29, 1.82) is 0 Å². The van der Waals surface area contributed by atoms with Crippen molar-refractivity contribution in [2.24, 2.45) is 5.92 Å². The van der Waals surface area contributed by atoms with Crippen molar-refractivity contribution in [3.05, 3.63) is 40.7 Å². The summed E-state index contributed by atoms with van der Waals surface area (Å²) in [5.41, 5.74) is 1.25.